The van der Waals surface area contributed by atoms with Gasteiger partial charge in [-0.1, -0.05) is 13.8 Å². The Morgan fingerprint density at radius 1 is 1.40 bits per heavy atom. The summed E-state index contributed by atoms with van der Waals surface area (Å²) in [6, 6.07) is 0. The van der Waals surface area contributed by atoms with Crippen LogP contribution in [0.1, 0.15) is 13.8 Å². The first-order chi connectivity index (χ1) is 9.47. The lowest BCUT2D eigenvalue weighted by molar-refractivity contribution is -0.122. The zero-order chi connectivity index (χ0) is 15.0. The summed E-state index contributed by atoms with van der Waals surface area (Å²) in [6.45, 7) is 10.3. The van der Waals surface area contributed by atoms with Gasteiger partial charge in [0, 0.05) is 45.8 Å². The van der Waals surface area contributed by atoms with Crippen molar-refractivity contribution in [3.63, 3.8) is 0 Å². The van der Waals surface area contributed by atoms with Gasteiger partial charge in [-0.3, -0.25) is 14.6 Å². The number of hydrogen-bond donors (Lipinski definition) is 3. The van der Waals surface area contributed by atoms with Gasteiger partial charge in [-0.15, -0.1) is 0 Å². The van der Waals surface area contributed by atoms with E-state index in [0.29, 0.717) is 32.1 Å². The van der Waals surface area contributed by atoms with Crippen LogP contribution in [0.4, 0.5) is 0 Å². The highest BCUT2D eigenvalue weighted by molar-refractivity contribution is 5.77. The second kappa shape index (κ2) is 9.28. The van der Waals surface area contributed by atoms with Crippen molar-refractivity contribution in [3.8, 4) is 0 Å². The first kappa shape index (κ1) is 17.4. The van der Waals surface area contributed by atoms with Crippen molar-refractivity contribution in [1.29, 1.82) is 0 Å². The lowest BCUT2D eigenvalue weighted by Crippen LogP contribution is -2.48. The molecule has 6 nitrogen and oxygen atoms in total. The molecule has 0 aromatic heterocycles. The first-order valence-electron chi connectivity index (χ1n) is 7.53. The van der Waals surface area contributed by atoms with Crippen molar-refractivity contribution in [1.82, 2.24) is 20.4 Å². The lowest BCUT2D eigenvalue weighted by atomic mass is 10.2. The third kappa shape index (κ3) is 7.79. The van der Waals surface area contributed by atoms with Gasteiger partial charge in [-0.25, -0.2) is 0 Å². The molecule has 1 amide bonds. The summed E-state index contributed by atoms with van der Waals surface area (Å²) < 4.78 is 0. The molecule has 1 aliphatic rings. The van der Waals surface area contributed by atoms with E-state index in [1.165, 1.54) is 0 Å². The predicted molar refractivity (Wildman–Crippen MR) is 80.7 cm³/mol. The maximum Gasteiger partial charge on any atom is 0.234 e. The van der Waals surface area contributed by atoms with E-state index >= 15 is 0 Å². The molecule has 20 heavy (non-hydrogen) atoms. The molecule has 118 valence electrons. The van der Waals surface area contributed by atoms with Gasteiger partial charge in [0.2, 0.25) is 5.91 Å². The SMILES string of the molecule is CC(C)CNC(=O)CN(C)CC(O)CN1CCNCC1. The molecule has 0 aliphatic carbocycles. The van der Waals surface area contributed by atoms with Gasteiger partial charge < -0.3 is 15.7 Å². The Labute approximate surface area is 122 Å². The van der Waals surface area contributed by atoms with Crippen LogP contribution in [0.15, 0.2) is 0 Å². The van der Waals surface area contributed by atoms with Crippen molar-refractivity contribution in [2.45, 2.75) is 20.0 Å². The number of nitrogens with zero attached hydrogens (tertiary/aromatic N) is 2. The molecule has 1 fully saturated rings. The predicted octanol–water partition coefficient (Wildman–Crippen LogP) is -1.04. The number of carbonyl (C=O) groups is 1. The van der Waals surface area contributed by atoms with Crippen LogP contribution >= 0.6 is 0 Å². The number of β-amino-alcohol motifs (C(OH)–C–C–N with tert-alkyl or cyclic N) is 1. The van der Waals surface area contributed by atoms with Crippen molar-refractivity contribution in [3.05, 3.63) is 0 Å². The smallest absolute Gasteiger partial charge is 0.234 e. The topological polar surface area (TPSA) is 67.8 Å². The molecule has 1 saturated heterocycles. The Kier molecular flexibility index (Phi) is 8.06. The second-order valence-electron chi connectivity index (χ2n) is 6.10. The molecule has 1 aliphatic heterocycles. The van der Waals surface area contributed by atoms with Crippen LogP contribution in [0.5, 0.6) is 0 Å². The van der Waals surface area contributed by atoms with Crippen molar-refractivity contribution in [2.24, 2.45) is 5.92 Å². The molecule has 1 heterocycles. The number of hydrogen-bond acceptors (Lipinski definition) is 5. The maximum atomic E-state index is 11.7. The van der Waals surface area contributed by atoms with Crippen LogP contribution in [0.2, 0.25) is 0 Å². The van der Waals surface area contributed by atoms with Gasteiger partial charge in [0.25, 0.3) is 0 Å². The molecule has 0 aromatic carbocycles. The standard InChI is InChI=1S/C14H30N4O2/c1-12(2)8-16-14(20)11-17(3)9-13(19)10-18-6-4-15-5-7-18/h12-13,15,19H,4-11H2,1-3H3,(H,16,20). The zero-order valence-corrected chi connectivity index (χ0v) is 13.1. The molecule has 1 unspecified atom stereocenters. The van der Waals surface area contributed by atoms with E-state index < -0.39 is 6.10 Å². The Morgan fingerprint density at radius 3 is 2.65 bits per heavy atom. The molecule has 0 saturated carbocycles. The van der Waals surface area contributed by atoms with Crippen LogP contribution in [-0.2, 0) is 4.79 Å². The molecule has 0 aromatic rings. The highest BCUT2D eigenvalue weighted by Crippen LogP contribution is 1.97. The van der Waals surface area contributed by atoms with Gasteiger partial charge in [0.15, 0.2) is 0 Å². The van der Waals surface area contributed by atoms with Gasteiger partial charge in [0.05, 0.1) is 12.6 Å². The Hall–Kier alpha value is -0.690. The molecule has 1 rings (SSSR count). The summed E-state index contributed by atoms with van der Waals surface area (Å²) in [6.07, 6.45) is -0.406. The van der Waals surface area contributed by atoms with E-state index in [0.717, 1.165) is 26.2 Å². The number of amides is 1. The molecule has 1 atom stereocenters. The molecular formula is C14H30N4O2. The number of aliphatic hydroxyl groups is 1. The average Bonchev–Trinajstić information content (AvgIpc) is 2.37. The van der Waals surface area contributed by atoms with E-state index in [4.69, 9.17) is 0 Å². The van der Waals surface area contributed by atoms with Gasteiger partial charge in [0.1, 0.15) is 0 Å². The maximum absolute atomic E-state index is 11.7. The summed E-state index contributed by atoms with van der Waals surface area (Å²) in [5, 5.41) is 16.2. The van der Waals surface area contributed by atoms with Gasteiger partial charge in [-0.05, 0) is 13.0 Å². The van der Waals surface area contributed by atoms with Crippen LogP contribution in [0, 0.1) is 5.92 Å². The number of rotatable bonds is 8. The average molecular weight is 286 g/mol. The van der Waals surface area contributed by atoms with Crippen LogP contribution in [-0.4, -0.2) is 86.3 Å². The van der Waals surface area contributed by atoms with Crippen LogP contribution in [0.3, 0.4) is 0 Å². The molecular weight excluding hydrogens is 256 g/mol. The number of nitrogens with one attached hydrogen (secondary N) is 2. The highest BCUT2D eigenvalue weighted by atomic mass is 16.3. The molecule has 0 spiro atoms. The van der Waals surface area contributed by atoms with Crippen molar-refractivity contribution in [2.75, 3.05) is 59.4 Å². The minimum atomic E-state index is -0.406. The van der Waals surface area contributed by atoms with Gasteiger partial charge >= 0.3 is 0 Å². The van der Waals surface area contributed by atoms with Crippen molar-refractivity contribution < 1.29 is 9.90 Å². The molecule has 0 radical (unpaired) electrons. The molecule has 0 bridgehead atoms. The number of carbonyl (C=O) groups excluding carboxylic acids is 1. The quantitative estimate of drug-likeness (QED) is 0.532. The molecule has 6 heteroatoms. The number of piperazine rings is 1. The Balaban J connectivity index is 2.16. The summed E-state index contributed by atoms with van der Waals surface area (Å²) >= 11 is 0. The summed E-state index contributed by atoms with van der Waals surface area (Å²) in [5.41, 5.74) is 0. The fourth-order valence-corrected chi connectivity index (χ4v) is 2.29. The first-order valence-corrected chi connectivity index (χ1v) is 7.53. The summed E-state index contributed by atoms with van der Waals surface area (Å²) in [4.78, 5) is 15.8. The van der Waals surface area contributed by atoms with Crippen LogP contribution in [0.25, 0.3) is 0 Å². The summed E-state index contributed by atoms with van der Waals surface area (Å²) in [7, 11) is 1.87. The lowest BCUT2D eigenvalue weighted by Gasteiger charge is -2.30. The molecule has 3 N–H and O–H groups in total. The zero-order valence-electron chi connectivity index (χ0n) is 13.1. The fraction of sp³-hybridized carbons (Fsp3) is 0.929. The van der Waals surface area contributed by atoms with Crippen molar-refractivity contribution >= 4 is 5.91 Å². The minimum absolute atomic E-state index is 0.0237. The van der Waals surface area contributed by atoms with Gasteiger partial charge in [-0.2, -0.15) is 0 Å². The Morgan fingerprint density at radius 2 is 2.05 bits per heavy atom. The second-order valence-corrected chi connectivity index (χ2v) is 6.10. The van der Waals surface area contributed by atoms with E-state index in [9.17, 15) is 9.90 Å². The number of aliphatic hydroxyl groups excluding tert-OH is 1. The normalized spacial score (nSPS) is 18.5. The Bertz CT molecular complexity index is 280. The van der Waals surface area contributed by atoms with Crippen LogP contribution < -0.4 is 10.6 Å². The third-order valence-electron chi connectivity index (χ3n) is 3.32. The fourth-order valence-electron chi connectivity index (χ4n) is 2.29. The largest absolute Gasteiger partial charge is 0.390 e. The van der Waals surface area contributed by atoms with E-state index in [2.05, 4.69) is 29.4 Å². The number of likely N-dealkylation sites (N-methyl/N-ethyl adjacent to an activating group) is 1. The van der Waals surface area contributed by atoms with E-state index in [1.54, 1.807) is 0 Å². The minimum Gasteiger partial charge on any atom is -0.390 e. The third-order valence-corrected chi connectivity index (χ3v) is 3.32. The highest BCUT2D eigenvalue weighted by Gasteiger charge is 2.16. The monoisotopic (exact) mass is 286 g/mol. The van der Waals surface area contributed by atoms with E-state index in [-0.39, 0.29) is 5.91 Å². The van der Waals surface area contributed by atoms with E-state index in [1.807, 2.05) is 11.9 Å². The summed E-state index contributed by atoms with van der Waals surface area (Å²) in [5.74, 6) is 0.484.